The Balaban J connectivity index is 2.56. The van der Waals surface area contributed by atoms with Crippen molar-refractivity contribution in [2.75, 3.05) is 12.4 Å². The molecule has 1 rings (SSSR count). The van der Waals surface area contributed by atoms with Gasteiger partial charge in [-0.3, -0.25) is 9.59 Å². The number of ether oxygens (including phenoxy) is 1. The molecule has 0 unspecified atom stereocenters. The zero-order valence-electron chi connectivity index (χ0n) is 9.75. The van der Waals surface area contributed by atoms with Crippen LogP contribution in [0.2, 0.25) is 5.02 Å². The maximum atomic E-state index is 11.5. The minimum atomic E-state index is -0.400. The maximum Gasteiger partial charge on any atom is 0.306 e. The Morgan fingerprint density at radius 3 is 2.71 bits per heavy atom. The van der Waals surface area contributed by atoms with E-state index >= 15 is 0 Å². The summed E-state index contributed by atoms with van der Waals surface area (Å²) in [5.41, 5.74) is 1.47. The molecule has 0 fully saturated rings. The van der Waals surface area contributed by atoms with Crippen LogP contribution in [0.1, 0.15) is 18.4 Å². The smallest absolute Gasteiger partial charge is 0.306 e. The van der Waals surface area contributed by atoms with E-state index in [0.29, 0.717) is 10.7 Å². The fourth-order valence-corrected chi connectivity index (χ4v) is 1.45. The Morgan fingerprint density at radius 2 is 2.06 bits per heavy atom. The van der Waals surface area contributed by atoms with Crippen molar-refractivity contribution in [3.63, 3.8) is 0 Å². The number of esters is 1. The van der Waals surface area contributed by atoms with Gasteiger partial charge in [-0.2, -0.15) is 0 Å². The summed E-state index contributed by atoms with van der Waals surface area (Å²) in [6, 6.07) is 5.27. The molecule has 0 bridgehead atoms. The van der Waals surface area contributed by atoms with E-state index in [9.17, 15) is 9.59 Å². The van der Waals surface area contributed by atoms with Gasteiger partial charge in [-0.15, -0.1) is 0 Å². The summed E-state index contributed by atoms with van der Waals surface area (Å²) in [5, 5.41) is 3.29. The topological polar surface area (TPSA) is 55.4 Å². The number of hydrogen-bond acceptors (Lipinski definition) is 3. The number of halogens is 1. The van der Waals surface area contributed by atoms with Crippen molar-refractivity contribution in [2.24, 2.45) is 0 Å². The summed E-state index contributed by atoms with van der Waals surface area (Å²) >= 11 is 5.92. The highest BCUT2D eigenvalue weighted by Gasteiger charge is 2.09. The molecule has 0 saturated heterocycles. The Hall–Kier alpha value is -1.55. The molecule has 0 aromatic heterocycles. The first kappa shape index (κ1) is 13.5. The first-order chi connectivity index (χ1) is 8.04. The van der Waals surface area contributed by atoms with E-state index in [4.69, 9.17) is 11.6 Å². The number of methoxy groups -OCH3 is 1. The van der Waals surface area contributed by atoms with Crippen LogP contribution in [0, 0.1) is 6.92 Å². The van der Waals surface area contributed by atoms with Crippen LogP contribution in [0.4, 0.5) is 5.69 Å². The van der Waals surface area contributed by atoms with Crippen molar-refractivity contribution in [2.45, 2.75) is 19.8 Å². The van der Waals surface area contributed by atoms with Gasteiger partial charge in [0, 0.05) is 17.1 Å². The number of benzene rings is 1. The van der Waals surface area contributed by atoms with Crippen LogP contribution in [-0.4, -0.2) is 19.0 Å². The molecular formula is C12H14ClNO3. The molecule has 0 heterocycles. The molecule has 0 aliphatic rings. The highest BCUT2D eigenvalue weighted by atomic mass is 35.5. The molecule has 0 aliphatic carbocycles. The number of carbonyl (C=O) groups is 2. The maximum absolute atomic E-state index is 11.5. The first-order valence-electron chi connectivity index (χ1n) is 5.16. The van der Waals surface area contributed by atoms with E-state index in [1.54, 1.807) is 18.2 Å². The van der Waals surface area contributed by atoms with E-state index in [1.165, 1.54) is 7.11 Å². The Labute approximate surface area is 105 Å². The van der Waals surface area contributed by atoms with Gasteiger partial charge in [0.1, 0.15) is 0 Å². The Morgan fingerprint density at radius 1 is 1.35 bits per heavy atom. The van der Waals surface area contributed by atoms with Crippen molar-refractivity contribution in [3.05, 3.63) is 28.8 Å². The van der Waals surface area contributed by atoms with Gasteiger partial charge < -0.3 is 10.1 Å². The second kappa shape index (κ2) is 6.25. The van der Waals surface area contributed by atoms with E-state index in [0.717, 1.165) is 5.56 Å². The second-order valence-corrected chi connectivity index (χ2v) is 3.94. The van der Waals surface area contributed by atoms with Crippen LogP contribution in [-0.2, 0) is 14.3 Å². The van der Waals surface area contributed by atoms with Crippen LogP contribution < -0.4 is 5.32 Å². The lowest BCUT2D eigenvalue weighted by atomic mass is 10.2. The Kier molecular flexibility index (Phi) is 4.97. The lowest BCUT2D eigenvalue weighted by molar-refractivity contribution is -0.141. The largest absolute Gasteiger partial charge is 0.469 e. The molecular weight excluding hydrogens is 242 g/mol. The summed E-state index contributed by atoms with van der Waals surface area (Å²) in [6.45, 7) is 1.82. The summed E-state index contributed by atoms with van der Waals surface area (Å²) in [4.78, 5) is 22.4. The lowest BCUT2D eigenvalue weighted by Crippen LogP contribution is -2.14. The molecule has 1 amide bonds. The van der Waals surface area contributed by atoms with Crippen LogP contribution in [0.25, 0.3) is 0 Å². The average Bonchev–Trinajstić information content (AvgIpc) is 2.32. The minimum absolute atomic E-state index is 0.0714. The molecule has 0 spiro atoms. The van der Waals surface area contributed by atoms with E-state index < -0.39 is 5.97 Å². The number of carbonyl (C=O) groups excluding carboxylic acids is 2. The van der Waals surface area contributed by atoms with Crippen LogP contribution in [0.15, 0.2) is 18.2 Å². The normalized spacial score (nSPS) is 9.82. The van der Waals surface area contributed by atoms with E-state index in [1.807, 2.05) is 6.92 Å². The van der Waals surface area contributed by atoms with Crippen molar-refractivity contribution >= 4 is 29.2 Å². The van der Waals surface area contributed by atoms with Crippen LogP contribution in [0.5, 0.6) is 0 Å². The standard InChI is InChI=1S/C12H14ClNO3/c1-8-9(13)4-3-5-10(8)14-11(15)6-7-12(16)17-2/h3-5H,6-7H2,1-2H3,(H,14,15). The van der Waals surface area contributed by atoms with E-state index in [2.05, 4.69) is 10.1 Å². The third-order valence-electron chi connectivity index (χ3n) is 2.33. The molecule has 5 heteroatoms. The SMILES string of the molecule is COC(=O)CCC(=O)Nc1cccc(Cl)c1C. The zero-order valence-corrected chi connectivity index (χ0v) is 10.5. The lowest BCUT2D eigenvalue weighted by Gasteiger charge is -2.08. The van der Waals surface area contributed by atoms with E-state index in [-0.39, 0.29) is 18.7 Å². The molecule has 0 aliphatic heterocycles. The minimum Gasteiger partial charge on any atom is -0.469 e. The molecule has 0 saturated carbocycles. The second-order valence-electron chi connectivity index (χ2n) is 3.54. The number of nitrogens with one attached hydrogen (secondary N) is 1. The summed E-state index contributed by atoms with van der Waals surface area (Å²) in [7, 11) is 1.29. The summed E-state index contributed by atoms with van der Waals surface area (Å²) in [6.07, 6.45) is 0.167. The first-order valence-corrected chi connectivity index (χ1v) is 5.54. The number of hydrogen-bond donors (Lipinski definition) is 1. The van der Waals surface area contributed by atoms with Gasteiger partial charge in [-0.05, 0) is 24.6 Å². The summed E-state index contributed by atoms with van der Waals surface area (Å²) < 4.78 is 4.45. The number of rotatable bonds is 4. The van der Waals surface area contributed by atoms with Gasteiger partial charge >= 0.3 is 5.97 Å². The van der Waals surface area contributed by atoms with Crippen molar-refractivity contribution < 1.29 is 14.3 Å². The van der Waals surface area contributed by atoms with Crippen molar-refractivity contribution in [3.8, 4) is 0 Å². The van der Waals surface area contributed by atoms with Crippen LogP contribution in [0.3, 0.4) is 0 Å². The quantitative estimate of drug-likeness (QED) is 0.842. The number of amides is 1. The predicted molar refractivity (Wildman–Crippen MR) is 66.1 cm³/mol. The van der Waals surface area contributed by atoms with Gasteiger partial charge in [0.15, 0.2) is 0 Å². The monoisotopic (exact) mass is 255 g/mol. The molecule has 1 aromatic rings. The average molecular weight is 256 g/mol. The predicted octanol–water partition coefficient (Wildman–Crippen LogP) is 2.54. The van der Waals surface area contributed by atoms with Gasteiger partial charge in [-0.1, -0.05) is 17.7 Å². The molecule has 1 aromatic carbocycles. The van der Waals surface area contributed by atoms with Gasteiger partial charge in [-0.25, -0.2) is 0 Å². The fourth-order valence-electron chi connectivity index (χ4n) is 1.27. The van der Waals surface area contributed by atoms with Crippen LogP contribution >= 0.6 is 11.6 Å². The third-order valence-corrected chi connectivity index (χ3v) is 2.74. The molecule has 92 valence electrons. The Bertz CT molecular complexity index is 432. The summed E-state index contributed by atoms with van der Waals surface area (Å²) in [5.74, 6) is -0.635. The zero-order chi connectivity index (χ0) is 12.8. The highest BCUT2D eigenvalue weighted by molar-refractivity contribution is 6.31. The molecule has 17 heavy (non-hydrogen) atoms. The van der Waals surface area contributed by atoms with Gasteiger partial charge in [0.05, 0.1) is 13.5 Å². The van der Waals surface area contributed by atoms with Gasteiger partial charge in [0.25, 0.3) is 0 Å². The highest BCUT2D eigenvalue weighted by Crippen LogP contribution is 2.22. The number of anilines is 1. The third kappa shape index (κ3) is 4.07. The fraction of sp³-hybridized carbons (Fsp3) is 0.333. The van der Waals surface area contributed by atoms with Crippen molar-refractivity contribution in [1.29, 1.82) is 0 Å². The molecule has 4 nitrogen and oxygen atoms in total. The molecule has 0 radical (unpaired) electrons. The van der Waals surface area contributed by atoms with Crippen molar-refractivity contribution in [1.82, 2.24) is 0 Å². The molecule has 1 N–H and O–H groups in total. The van der Waals surface area contributed by atoms with Gasteiger partial charge in [0.2, 0.25) is 5.91 Å². The molecule has 0 atom stereocenters.